The molecule has 0 aliphatic rings. The maximum atomic E-state index is 11.6. The van der Waals surface area contributed by atoms with Crippen LogP contribution < -0.4 is 9.47 Å². The molecule has 0 aliphatic carbocycles. The van der Waals surface area contributed by atoms with E-state index in [1.807, 2.05) is 13.8 Å². The molecule has 6 nitrogen and oxygen atoms in total. The molecule has 0 saturated carbocycles. The van der Waals surface area contributed by atoms with Crippen molar-refractivity contribution >= 4 is 23.4 Å². The van der Waals surface area contributed by atoms with Crippen LogP contribution in [-0.2, 0) is 9.59 Å². The molecule has 0 aromatic heterocycles. The van der Waals surface area contributed by atoms with E-state index in [1.54, 1.807) is 62.4 Å². The fraction of sp³-hybridized carbons (Fsp3) is 0.167. The Morgan fingerprint density at radius 2 is 0.933 bits per heavy atom. The van der Waals surface area contributed by atoms with Gasteiger partial charge in [-0.25, -0.2) is 9.59 Å². The Hall–Kier alpha value is -3.80. The standard InChI is InChI=1S/C24H24N2O4/c1-15(2)23(27)29-21-11-7-19(8-12-21)17(5)25-26-18(6)20-9-13-22(14-10-20)30-24(28)16(3)4/h7-14H,1,3H2,2,4-6H3/b25-17+,26-18+. The number of carbonyl (C=O) groups excluding carboxylic acids is 2. The fourth-order valence-corrected chi connectivity index (χ4v) is 2.18. The second-order valence-corrected chi connectivity index (χ2v) is 6.76. The number of benzene rings is 2. The van der Waals surface area contributed by atoms with Gasteiger partial charge in [0.1, 0.15) is 11.5 Å². The summed E-state index contributed by atoms with van der Waals surface area (Å²) in [6.45, 7) is 14.0. The maximum Gasteiger partial charge on any atom is 0.338 e. The molecule has 0 aliphatic heterocycles. The quantitative estimate of drug-likeness (QED) is 0.217. The summed E-state index contributed by atoms with van der Waals surface area (Å²) in [5.41, 5.74) is 3.79. The van der Waals surface area contributed by atoms with Gasteiger partial charge in [-0.3, -0.25) is 0 Å². The lowest BCUT2D eigenvalue weighted by Gasteiger charge is -2.06. The molecule has 30 heavy (non-hydrogen) atoms. The van der Waals surface area contributed by atoms with Crippen LogP contribution in [0.15, 0.2) is 83.0 Å². The molecule has 0 heterocycles. The Balaban J connectivity index is 2.07. The van der Waals surface area contributed by atoms with Crippen LogP contribution in [0.1, 0.15) is 38.8 Å². The summed E-state index contributed by atoms with van der Waals surface area (Å²) in [6, 6.07) is 14.0. The molecule has 0 radical (unpaired) electrons. The predicted molar refractivity (Wildman–Crippen MR) is 118 cm³/mol. The fourth-order valence-electron chi connectivity index (χ4n) is 2.18. The SMILES string of the molecule is C=C(C)C(=O)Oc1ccc(/C(C)=N/N=C(\C)c2ccc(OC(=O)C(=C)C)cc2)cc1. The van der Waals surface area contributed by atoms with E-state index in [9.17, 15) is 9.59 Å². The summed E-state index contributed by atoms with van der Waals surface area (Å²) in [5.74, 6) is -0.0547. The molecule has 2 aromatic carbocycles. The Morgan fingerprint density at radius 1 is 0.633 bits per heavy atom. The van der Waals surface area contributed by atoms with Crippen LogP contribution in [-0.4, -0.2) is 23.4 Å². The van der Waals surface area contributed by atoms with Crippen molar-refractivity contribution in [2.45, 2.75) is 27.7 Å². The minimum absolute atomic E-state index is 0.337. The minimum atomic E-state index is -0.464. The molecule has 0 saturated heterocycles. The Labute approximate surface area is 176 Å². The molecule has 6 heteroatoms. The van der Waals surface area contributed by atoms with Gasteiger partial charge in [-0.15, -0.1) is 0 Å². The summed E-state index contributed by atoms with van der Waals surface area (Å²) in [4.78, 5) is 23.1. The van der Waals surface area contributed by atoms with Crippen LogP contribution in [0.4, 0.5) is 0 Å². The zero-order valence-electron chi connectivity index (χ0n) is 17.6. The van der Waals surface area contributed by atoms with Crippen molar-refractivity contribution in [1.29, 1.82) is 0 Å². The third-order valence-electron chi connectivity index (χ3n) is 4.01. The van der Waals surface area contributed by atoms with Crippen molar-refractivity contribution < 1.29 is 19.1 Å². The van der Waals surface area contributed by atoms with Crippen LogP contribution in [0, 0.1) is 0 Å². The van der Waals surface area contributed by atoms with Crippen molar-refractivity contribution in [3.8, 4) is 11.5 Å². The first kappa shape index (κ1) is 22.5. The van der Waals surface area contributed by atoms with E-state index in [0.29, 0.717) is 34.1 Å². The van der Waals surface area contributed by atoms with Gasteiger partial charge >= 0.3 is 11.9 Å². The van der Waals surface area contributed by atoms with Gasteiger partial charge in [0.15, 0.2) is 0 Å². The largest absolute Gasteiger partial charge is 0.423 e. The number of esters is 2. The molecule has 154 valence electrons. The van der Waals surface area contributed by atoms with Crippen LogP contribution in [0.5, 0.6) is 11.5 Å². The van der Waals surface area contributed by atoms with Gasteiger partial charge in [0, 0.05) is 11.1 Å². The van der Waals surface area contributed by atoms with Crippen molar-refractivity contribution in [2.75, 3.05) is 0 Å². The molecule has 0 bridgehead atoms. The Kier molecular flexibility index (Phi) is 7.58. The molecule has 0 N–H and O–H groups in total. The van der Waals surface area contributed by atoms with Crippen molar-refractivity contribution in [2.24, 2.45) is 10.2 Å². The zero-order valence-corrected chi connectivity index (χ0v) is 17.6. The predicted octanol–water partition coefficient (Wildman–Crippen LogP) is 4.88. The summed E-state index contributed by atoms with van der Waals surface area (Å²) < 4.78 is 10.3. The lowest BCUT2D eigenvalue weighted by atomic mass is 10.1. The molecular formula is C24H24N2O4. The third kappa shape index (κ3) is 6.38. The number of rotatable bonds is 7. The highest BCUT2D eigenvalue weighted by Crippen LogP contribution is 2.16. The van der Waals surface area contributed by atoms with Gasteiger partial charge in [0.2, 0.25) is 0 Å². The normalized spacial score (nSPS) is 11.6. The molecule has 0 amide bonds. The first-order valence-electron chi connectivity index (χ1n) is 9.22. The topological polar surface area (TPSA) is 77.3 Å². The summed E-state index contributed by atoms with van der Waals surface area (Å²) in [5, 5.41) is 8.54. The van der Waals surface area contributed by atoms with Crippen molar-refractivity contribution in [3.63, 3.8) is 0 Å². The lowest BCUT2D eigenvalue weighted by molar-refractivity contribution is -0.130. The third-order valence-corrected chi connectivity index (χ3v) is 4.01. The number of ether oxygens (including phenoxy) is 2. The van der Waals surface area contributed by atoms with Crippen LogP contribution in [0.2, 0.25) is 0 Å². The van der Waals surface area contributed by atoms with E-state index in [2.05, 4.69) is 23.4 Å². The molecule has 0 unspecified atom stereocenters. The summed E-state index contributed by atoms with van der Waals surface area (Å²) in [6.07, 6.45) is 0. The first-order chi connectivity index (χ1) is 14.2. The zero-order chi connectivity index (χ0) is 22.3. The van der Waals surface area contributed by atoms with Crippen molar-refractivity contribution in [1.82, 2.24) is 0 Å². The minimum Gasteiger partial charge on any atom is -0.423 e. The highest BCUT2D eigenvalue weighted by Gasteiger charge is 2.07. The molecule has 0 atom stereocenters. The highest BCUT2D eigenvalue weighted by molar-refractivity contribution is 6.02. The number of nitrogens with zero attached hydrogens (tertiary/aromatic N) is 2. The lowest BCUT2D eigenvalue weighted by Crippen LogP contribution is -2.08. The summed E-state index contributed by atoms with van der Waals surface area (Å²) in [7, 11) is 0. The van der Waals surface area contributed by atoms with Crippen LogP contribution >= 0.6 is 0 Å². The first-order valence-corrected chi connectivity index (χ1v) is 9.22. The number of hydrogen-bond donors (Lipinski definition) is 0. The number of hydrogen-bond acceptors (Lipinski definition) is 6. The van der Waals surface area contributed by atoms with E-state index in [-0.39, 0.29) is 0 Å². The monoisotopic (exact) mass is 404 g/mol. The van der Waals surface area contributed by atoms with Gasteiger partial charge in [-0.1, -0.05) is 13.2 Å². The highest BCUT2D eigenvalue weighted by atomic mass is 16.5. The van der Waals surface area contributed by atoms with E-state index >= 15 is 0 Å². The second-order valence-electron chi connectivity index (χ2n) is 6.76. The average Bonchev–Trinajstić information content (AvgIpc) is 2.72. The van der Waals surface area contributed by atoms with E-state index in [1.165, 1.54) is 0 Å². The smallest absolute Gasteiger partial charge is 0.338 e. The van der Waals surface area contributed by atoms with Gasteiger partial charge in [-0.05, 0) is 87.4 Å². The Bertz CT molecular complexity index is 944. The second kappa shape index (κ2) is 10.1. The maximum absolute atomic E-state index is 11.6. The summed E-state index contributed by atoms with van der Waals surface area (Å²) >= 11 is 0. The van der Waals surface area contributed by atoms with Gasteiger partial charge < -0.3 is 9.47 Å². The Morgan fingerprint density at radius 3 is 1.20 bits per heavy atom. The number of carbonyl (C=O) groups is 2. The van der Waals surface area contributed by atoms with E-state index in [0.717, 1.165) is 11.1 Å². The van der Waals surface area contributed by atoms with Gasteiger partial charge in [-0.2, -0.15) is 10.2 Å². The van der Waals surface area contributed by atoms with Gasteiger partial charge in [0.05, 0.1) is 11.4 Å². The average molecular weight is 404 g/mol. The van der Waals surface area contributed by atoms with E-state index < -0.39 is 11.9 Å². The molecule has 2 rings (SSSR count). The molecule has 0 spiro atoms. The van der Waals surface area contributed by atoms with E-state index in [4.69, 9.17) is 9.47 Å². The molecule has 0 fully saturated rings. The van der Waals surface area contributed by atoms with Crippen LogP contribution in [0.3, 0.4) is 0 Å². The molecule has 2 aromatic rings. The van der Waals surface area contributed by atoms with Crippen LogP contribution in [0.25, 0.3) is 0 Å². The van der Waals surface area contributed by atoms with Gasteiger partial charge in [0.25, 0.3) is 0 Å². The molecular weight excluding hydrogens is 380 g/mol. The van der Waals surface area contributed by atoms with Crippen molar-refractivity contribution in [3.05, 3.63) is 84.0 Å².